The van der Waals surface area contributed by atoms with Crippen LogP contribution < -0.4 is 0 Å². The molecule has 0 unspecified atom stereocenters. The van der Waals surface area contributed by atoms with Crippen LogP contribution in [-0.2, 0) is 0 Å². The summed E-state index contributed by atoms with van der Waals surface area (Å²) in [5.74, 6) is 0. The molecule has 0 aliphatic carbocycles. The average molecular weight is 253 g/mol. The van der Waals surface area contributed by atoms with Crippen LogP contribution in [0, 0.1) is 0 Å². The van der Waals surface area contributed by atoms with Gasteiger partial charge in [0.25, 0.3) is 0 Å². The van der Waals surface area contributed by atoms with Gasteiger partial charge in [0.05, 0.1) is 0 Å². The standard InChI is InChI=1S/C4H10S.3CH3.Sn/c1-4(2,3)5;;;;/h5H,1-3H3;3*1H3;/q;;;;+1/p-1. The van der Waals surface area contributed by atoms with Gasteiger partial charge in [0.15, 0.2) is 0 Å². The molecule has 0 aromatic heterocycles. The van der Waals surface area contributed by atoms with Crippen molar-refractivity contribution < 1.29 is 0 Å². The zero-order valence-corrected chi connectivity index (χ0v) is 11.1. The van der Waals surface area contributed by atoms with Crippen LogP contribution in [0.25, 0.3) is 0 Å². The van der Waals surface area contributed by atoms with E-state index in [1.165, 1.54) is 0 Å². The molecule has 0 spiro atoms. The summed E-state index contributed by atoms with van der Waals surface area (Å²) in [4.78, 5) is 7.39. The fraction of sp³-hybridized carbons (Fsp3) is 1.00. The van der Waals surface area contributed by atoms with Crippen molar-refractivity contribution in [1.82, 2.24) is 0 Å². The maximum absolute atomic E-state index is 2.46. The third-order valence-electron chi connectivity index (χ3n) is 0.612. The predicted molar refractivity (Wildman–Crippen MR) is 50.7 cm³/mol. The second kappa shape index (κ2) is 3.03. The SMILES string of the molecule is CC(C)(C)[S][Sn]([CH3])([CH3])[CH3]. The molecule has 0 aromatic rings. The van der Waals surface area contributed by atoms with Gasteiger partial charge in [-0.2, -0.15) is 0 Å². The molecule has 0 rings (SSSR count). The van der Waals surface area contributed by atoms with Crippen LogP contribution in [0.3, 0.4) is 0 Å². The fourth-order valence-corrected chi connectivity index (χ4v) is 18.5. The van der Waals surface area contributed by atoms with Crippen LogP contribution in [0.4, 0.5) is 0 Å². The van der Waals surface area contributed by atoms with Gasteiger partial charge >= 0.3 is 66.3 Å². The van der Waals surface area contributed by atoms with Crippen molar-refractivity contribution in [3.63, 3.8) is 0 Å². The summed E-state index contributed by atoms with van der Waals surface area (Å²) in [6.07, 6.45) is 0. The molecule has 0 aliphatic heterocycles. The van der Waals surface area contributed by atoms with Crippen LogP contribution in [0.15, 0.2) is 0 Å². The maximum atomic E-state index is 2.46. The molecule has 0 amide bonds. The van der Waals surface area contributed by atoms with Crippen molar-refractivity contribution in [2.75, 3.05) is 0 Å². The van der Waals surface area contributed by atoms with Crippen LogP contribution >= 0.6 is 8.95 Å². The summed E-state index contributed by atoms with van der Waals surface area (Å²) in [5.41, 5.74) is 0. The van der Waals surface area contributed by atoms with E-state index >= 15 is 0 Å². The summed E-state index contributed by atoms with van der Waals surface area (Å²) in [6.45, 7) is 6.92. The van der Waals surface area contributed by atoms with Crippen molar-refractivity contribution in [2.24, 2.45) is 0 Å². The van der Waals surface area contributed by atoms with E-state index < -0.39 is 17.0 Å². The number of hydrogen-bond acceptors (Lipinski definition) is 1. The molecular weight excluding hydrogens is 235 g/mol. The van der Waals surface area contributed by atoms with Crippen LogP contribution in [0.5, 0.6) is 0 Å². The second-order valence-electron chi connectivity index (χ2n) is 4.33. The first kappa shape index (κ1) is 10.1. The quantitative estimate of drug-likeness (QED) is 0.645. The van der Waals surface area contributed by atoms with E-state index in [9.17, 15) is 0 Å². The zero-order chi connectivity index (χ0) is 7.71. The van der Waals surface area contributed by atoms with E-state index in [1.807, 2.05) is 0 Å². The van der Waals surface area contributed by atoms with E-state index in [4.69, 9.17) is 0 Å². The fourth-order valence-electron chi connectivity index (χ4n) is 0.919. The minimum atomic E-state index is -1.53. The Balaban J connectivity index is 3.75. The van der Waals surface area contributed by atoms with Gasteiger partial charge in [0, 0.05) is 0 Å². The summed E-state index contributed by atoms with van der Waals surface area (Å²) in [6, 6.07) is 0. The third kappa shape index (κ3) is 9.15. The van der Waals surface area contributed by atoms with Gasteiger partial charge in [0.1, 0.15) is 0 Å². The summed E-state index contributed by atoms with van der Waals surface area (Å²) in [5, 5.41) is 0. The predicted octanol–water partition coefficient (Wildman–Crippen LogP) is 3.35. The van der Waals surface area contributed by atoms with Gasteiger partial charge in [-0.15, -0.1) is 0 Å². The van der Waals surface area contributed by atoms with Gasteiger partial charge < -0.3 is 0 Å². The Kier molecular flexibility index (Phi) is 3.42. The Bertz CT molecular complexity index is 74.1. The normalized spacial score (nSPS) is 14.0. The van der Waals surface area contributed by atoms with Crippen molar-refractivity contribution in [3.8, 4) is 0 Å². The molecule has 0 aliphatic rings. The van der Waals surface area contributed by atoms with Crippen molar-refractivity contribution in [3.05, 3.63) is 0 Å². The first-order chi connectivity index (χ1) is 3.71. The molecule has 0 aromatic carbocycles. The second-order valence-corrected chi connectivity index (χ2v) is 27.8. The molecule has 0 atom stereocenters. The molecule has 0 nitrogen and oxygen atoms in total. The molecule has 0 N–H and O–H groups in total. The number of hydrogen-bond donors (Lipinski definition) is 0. The molecule has 0 bridgehead atoms. The Morgan fingerprint density at radius 3 is 1.33 bits per heavy atom. The molecule has 0 fully saturated rings. The van der Waals surface area contributed by atoms with E-state index in [0.717, 1.165) is 0 Å². The first-order valence-corrected chi connectivity index (χ1v) is 16.3. The molecule has 0 saturated heterocycles. The Labute approximate surface area is 66.1 Å². The average Bonchev–Trinajstić information content (AvgIpc) is 1.14. The number of rotatable bonds is 1. The van der Waals surface area contributed by atoms with Crippen LogP contribution in [-0.4, -0.2) is 21.7 Å². The molecular formula is C7H18SSn. The molecule has 56 valence electrons. The monoisotopic (exact) mass is 254 g/mol. The van der Waals surface area contributed by atoms with Crippen LogP contribution in [0.2, 0.25) is 14.8 Å². The summed E-state index contributed by atoms with van der Waals surface area (Å²) < 4.78 is 0.494. The topological polar surface area (TPSA) is 0 Å². The van der Waals surface area contributed by atoms with Crippen molar-refractivity contribution >= 4 is 25.9 Å². The summed E-state index contributed by atoms with van der Waals surface area (Å²) in [7, 11) is 2.22. The van der Waals surface area contributed by atoms with Crippen molar-refractivity contribution in [2.45, 2.75) is 40.3 Å². The van der Waals surface area contributed by atoms with E-state index in [0.29, 0.717) is 4.75 Å². The minimum absolute atomic E-state index is 0.494. The van der Waals surface area contributed by atoms with E-state index in [-0.39, 0.29) is 0 Å². The first-order valence-electron chi connectivity index (χ1n) is 3.41. The molecule has 2 heteroatoms. The molecule has 0 saturated carbocycles. The molecule has 0 radical (unpaired) electrons. The Hall–Kier alpha value is 1.15. The third-order valence-corrected chi connectivity index (χ3v) is 12.3. The van der Waals surface area contributed by atoms with Gasteiger partial charge in [-0.3, -0.25) is 0 Å². The van der Waals surface area contributed by atoms with E-state index in [1.54, 1.807) is 0 Å². The Morgan fingerprint density at radius 1 is 1.00 bits per heavy atom. The van der Waals surface area contributed by atoms with Gasteiger partial charge in [0.2, 0.25) is 0 Å². The van der Waals surface area contributed by atoms with Crippen molar-refractivity contribution in [1.29, 1.82) is 0 Å². The summed E-state index contributed by atoms with van der Waals surface area (Å²) >= 11 is -1.53. The van der Waals surface area contributed by atoms with E-state index in [2.05, 4.69) is 44.5 Å². The molecule has 0 heterocycles. The van der Waals surface area contributed by atoms with Gasteiger partial charge in [-0.05, 0) is 0 Å². The molecule has 9 heavy (non-hydrogen) atoms. The van der Waals surface area contributed by atoms with Crippen LogP contribution in [0.1, 0.15) is 20.8 Å². The van der Waals surface area contributed by atoms with Gasteiger partial charge in [-0.1, -0.05) is 0 Å². The van der Waals surface area contributed by atoms with Gasteiger partial charge in [-0.25, -0.2) is 0 Å². The Morgan fingerprint density at radius 2 is 1.33 bits per heavy atom. The zero-order valence-electron chi connectivity index (χ0n) is 7.41.